The standard InChI is InChI=1S/C18H31ClO/c1-17(2)11-7-14(8-12-17)20-16-13-15(19)18(16)9-5-3-4-6-10-18/h14-16H,3-13H2,1-2H3. The van der Waals surface area contributed by atoms with Crippen LogP contribution in [0.1, 0.15) is 84.5 Å². The van der Waals surface area contributed by atoms with Gasteiger partial charge in [-0.1, -0.05) is 39.5 Å². The molecule has 0 N–H and O–H groups in total. The number of hydrogen-bond donors (Lipinski definition) is 0. The van der Waals surface area contributed by atoms with Gasteiger partial charge in [0.25, 0.3) is 0 Å². The fraction of sp³-hybridized carbons (Fsp3) is 1.00. The smallest absolute Gasteiger partial charge is 0.0663 e. The van der Waals surface area contributed by atoms with Crippen LogP contribution in [0.3, 0.4) is 0 Å². The quantitative estimate of drug-likeness (QED) is 0.595. The van der Waals surface area contributed by atoms with Crippen LogP contribution in [0.15, 0.2) is 0 Å². The summed E-state index contributed by atoms with van der Waals surface area (Å²) in [5.74, 6) is 0. The van der Waals surface area contributed by atoms with Crippen molar-refractivity contribution in [2.24, 2.45) is 10.8 Å². The highest BCUT2D eigenvalue weighted by Gasteiger charge is 2.55. The number of hydrogen-bond acceptors (Lipinski definition) is 1. The zero-order valence-corrected chi connectivity index (χ0v) is 14.1. The summed E-state index contributed by atoms with van der Waals surface area (Å²) < 4.78 is 6.56. The fourth-order valence-electron chi connectivity index (χ4n) is 4.65. The average Bonchev–Trinajstić information content (AvgIpc) is 2.68. The number of halogens is 1. The Balaban J connectivity index is 1.57. The molecule has 0 heterocycles. The molecule has 0 amide bonds. The molecular weight excluding hydrogens is 268 g/mol. The first-order chi connectivity index (χ1) is 9.52. The van der Waals surface area contributed by atoms with Gasteiger partial charge in [-0.05, 0) is 50.4 Å². The summed E-state index contributed by atoms with van der Waals surface area (Å²) >= 11 is 6.63. The van der Waals surface area contributed by atoms with Crippen LogP contribution in [-0.2, 0) is 4.74 Å². The third kappa shape index (κ3) is 2.90. The van der Waals surface area contributed by atoms with Crippen LogP contribution < -0.4 is 0 Å². The zero-order valence-electron chi connectivity index (χ0n) is 13.3. The number of alkyl halides is 1. The van der Waals surface area contributed by atoms with Crippen LogP contribution in [0.5, 0.6) is 0 Å². The van der Waals surface area contributed by atoms with Crippen molar-refractivity contribution < 1.29 is 4.74 Å². The third-order valence-corrected chi connectivity index (χ3v) is 6.98. The molecule has 2 atom stereocenters. The van der Waals surface area contributed by atoms with Gasteiger partial charge in [-0.25, -0.2) is 0 Å². The van der Waals surface area contributed by atoms with Crippen LogP contribution in [0.2, 0.25) is 0 Å². The molecule has 1 spiro atoms. The topological polar surface area (TPSA) is 9.23 Å². The minimum atomic E-state index is 0.338. The van der Waals surface area contributed by atoms with E-state index in [1.54, 1.807) is 0 Å². The molecule has 0 saturated heterocycles. The van der Waals surface area contributed by atoms with Crippen molar-refractivity contribution in [1.82, 2.24) is 0 Å². The highest BCUT2D eigenvalue weighted by Crippen LogP contribution is 2.56. The predicted octanol–water partition coefficient (Wildman–Crippen LogP) is 5.69. The van der Waals surface area contributed by atoms with Gasteiger partial charge in [-0.3, -0.25) is 0 Å². The second-order valence-corrected chi connectivity index (χ2v) is 8.87. The van der Waals surface area contributed by atoms with Crippen molar-refractivity contribution in [1.29, 1.82) is 0 Å². The van der Waals surface area contributed by atoms with Crippen LogP contribution in [0, 0.1) is 10.8 Å². The molecule has 3 fully saturated rings. The van der Waals surface area contributed by atoms with Gasteiger partial charge >= 0.3 is 0 Å². The molecule has 3 saturated carbocycles. The van der Waals surface area contributed by atoms with E-state index in [9.17, 15) is 0 Å². The van der Waals surface area contributed by atoms with Crippen LogP contribution in [0.4, 0.5) is 0 Å². The van der Waals surface area contributed by atoms with E-state index in [4.69, 9.17) is 16.3 Å². The second-order valence-electron chi connectivity index (χ2n) is 8.34. The lowest BCUT2D eigenvalue weighted by Crippen LogP contribution is -2.56. The summed E-state index contributed by atoms with van der Waals surface area (Å²) in [7, 11) is 0. The Bertz CT molecular complexity index is 320. The van der Waals surface area contributed by atoms with Crippen LogP contribution in [-0.4, -0.2) is 17.6 Å². The van der Waals surface area contributed by atoms with E-state index in [0.29, 0.717) is 28.4 Å². The summed E-state index contributed by atoms with van der Waals surface area (Å²) in [6, 6.07) is 0. The maximum Gasteiger partial charge on any atom is 0.0663 e. The van der Waals surface area contributed by atoms with E-state index in [0.717, 1.165) is 6.42 Å². The van der Waals surface area contributed by atoms with E-state index in [2.05, 4.69) is 13.8 Å². The van der Waals surface area contributed by atoms with Gasteiger partial charge in [0.15, 0.2) is 0 Å². The SMILES string of the molecule is CC1(C)CCC(OC2CC(Cl)C23CCCCCC3)CC1. The first-order valence-corrected chi connectivity index (χ1v) is 9.25. The molecule has 3 aliphatic carbocycles. The normalized spacial score (nSPS) is 37.4. The van der Waals surface area contributed by atoms with Crippen molar-refractivity contribution >= 4 is 11.6 Å². The van der Waals surface area contributed by atoms with Crippen molar-refractivity contribution in [2.45, 2.75) is 102 Å². The van der Waals surface area contributed by atoms with Gasteiger partial charge in [0.2, 0.25) is 0 Å². The Morgan fingerprint density at radius 2 is 1.50 bits per heavy atom. The minimum Gasteiger partial charge on any atom is -0.374 e. The molecule has 1 nitrogen and oxygen atoms in total. The minimum absolute atomic E-state index is 0.338. The second kappa shape index (κ2) is 5.80. The molecule has 0 radical (unpaired) electrons. The third-order valence-electron chi connectivity index (χ3n) is 6.36. The van der Waals surface area contributed by atoms with Gasteiger partial charge in [0.05, 0.1) is 12.2 Å². The summed E-state index contributed by atoms with van der Waals surface area (Å²) in [6.07, 6.45) is 15.4. The molecular formula is C18H31ClO. The Morgan fingerprint density at radius 3 is 2.05 bits per heavy atom. The summed E-state index contributed by atoms with van der Waals surface area (Å²) in [5.41, 5.74) is 0.875. The largest absolute Gasteiger partial charge is 0.374 e. The zero-order chi connectivity index (χ0) is 14.2. The maximum absolute atomic E-state index is 6.63. The Morgan fingerprint density at radius 1 is 0.900 bits per heavy atom. The highest BCUT2D eigenvalue weighted by atomic mass is 35.5. The van der Waals surface area contributed by atoms with E-state index in [-0.39, 0.29) is 0 Å². The average molecular weight is 299 g/mol. The lowest BCUT2D eigenvalue weighted by molar-refractivity contribution is -0.156. The van der Waals surface area contributed by atoms with Crippen molar-refractivity contribution in [3.8, 4) is 0 Å². The molecule has 0 bridgehead atoms. The van der Waals surface area contributed by atoms with E-state index in [1.807, 2.05) is 0 Å². The van der Waals surface area contributed by atoms with Crippen LogP contribution in [0.25, 0.3) is 0 Å². The molecule has 3 rings (SSSR count). The first kappa shape index (κ1) is 15.2. The molecule has 0 aromatic heterocycles. The molecule has 3 aliphatic rings. The monoisotopic (exact) mass is 298 g/mol. The van der Waals surface area contributed by atoms with Crippen molar-refractivity contribution in [3.05, 3.63) is 0 Å². The molecule has 2 heteroatoms. The number of ether oxygens (including phenoxy) is 1. The van der Waals surface area contributed by atoms with Gasteiger partial charge in [-0.2, -0.15) is 0 Å². The summed E-state index contributed by atoms with van der Waals surface area (Å²) in [6.45, 7) is 4.79. The molecule has 0 aliphatic heterocycles. The summed E-state index contributed by atoms with van der Waals surface area (Å²) in [5, 5.41) is 0.380. The van der Waals surface area contributed by atoms with Gasteiger partial charge in [0, 0.05) is 10.8 Å². The lowest BCUT2D eigenvalue weighted by Gasteiger charge is -2.54. The van der Waals surface area contributed by atoms with Crippen molar-refractivity contribution in [2.75, 3.05) is 0 Å². The van der Waals surface area contributed by atoms with E-state index in [1.165, 1.54) is 64.2 Å². The van der Waals surface area contributed by atoms with Gasteiger partial charge in [-0.15, -0.1) is 11.6 Å². The Hall–Kier alpha value is 0.250. The molecule has 0 aromatic carbocycles. The maximum atomic E-state index is 6.63. The molecule has 0 aromatic rings. The highest BCUT2D eigenvalue weighted by molar-refractivity contribution is 6.21. The van der Waals surface area contributed by atoms with E-state index >= 15 is 0 Å². The lowest BCUT2D eigenvalue weighted by atomic mass is 9.61. The molecule has 116 valence electrons. The van der Waals surface area contributed by atoms with E-state index < -0.39 is 0 Å². The molecule has 2 unspecified atom stereocenters. The Kier molecular flexibility index (Phi) is 4.40. The van der Waals surface area contributed by atoms with Gasteiger partial charge < -0.3 is 4.74 Å². The van der Waals surface area contributed by atoms with Crippen molar-refractivity contribution in [3.63, 3.8) is 0 Å². The predicted molar refractivity (Wildman–Crippen MR) is 85.3 cm³/mol. The summed E-state index contributed by atoms with van der Waals surface area (Å²) in [4.78, 5) is 0. The van der Waals surface area contributed by atoms with Crippen LogP contribution >= 0.6 is 11.6 Å². The first-order valence-electron chi connectivity index (χ1n) is 8.81. The molecule has 20 heavy (non-hydrogen) atoms. The fourth-order valence-corrected chi connectivity index (χ4v) is 5.17. The number of rotatable bonds is 2. The Labute approximate surface area is 129 Å². The van der Waals surface area contributed by atoms with Gasteiger partial charge in [0.1, 0.15) is 0 Å².